The van der Waals surface area contributed by atoms with Gasteiger partial charge >= 0.3 is 5.97 Å². The minimum atomic E-state index is -1.01. The van der Waals surface area contributed by atoms with Gasteiger partial charge in [0.05, 0.1) is 11.9 Å². The summed E-state index contributed by atoms with van der Waals surface area (Å²) in [6, 6.07) is 15.0. The van der Waals surface area contributed by atoms with Crippen LogP contribution >= 0.6 is 0 Å². The van der Waals surface area contributed by atoms with E-state index in [0.29, 0.717) is 38.6 Å². The maximum atomic E-state index is 14.3. The van der Waals surface area contributed by atoms with Gasteiger partial charge in [-0.1, -0.05) is 18.2 Å². The number of aliphatic carboxylic acids is 1. The molecule has 3 aromatic heterocycles. The Morgan fingerprint density at radius 1 is 1.03 bits per heavy atom. The predicted octanol–water partition coefficient (Wildman–Crippen LogP) is 3.99. The van der Waals surface area contributed by atoms with E-state index in [2.05, 4.69) is 4.98 Å². The lowest BCUT2D eigenvalue weighted by Gasteiger charge is -2.12. The highest BCUT2D eigenvalue weighted by Gasteiger charge is 2.22. The lowest BCUT2D eigenvalue weighted by atomic mass is 10.0. The van der Waals surface area contributed by atoms with Crippen molar-refractivity contribution < 1.29 is 14.3 Å². The predicted molar refractivity (Wildman–Crippen MR) is 123 cm³/mol. The number of benzene rings is 2. The monoisotopic (exact) mass is 442 g/mol. The van der Waals surface area contributed by atoms with Crippen LogP contribution in [0.25, 0.3) is 32.9 Å². The third kappa shape index (κ3) is 3.55. The molecule has 1 N–H and O–H groups in total. The van der Waals surface area contributed by atoms with Gasteiger partial charge in [-0.25, -0.2) is 9.07 Å². The van der Waals surface area contributed by atoms with Crippen molar-refractivity contribution in [3.63, 3.8) is 0 Å². The van der Waals surface area contributed by atoms with Gasteiger partial charge in [-0.15, -0.1) is 0 Å². The third-order valence-electron chi connectivity index (χ3n) is 5.77. The molecule has 0 aliphatic carbocycles. The summed E-state index contributed by atoms with van der Waals surface area (Å²) in [6.45, 7) is 1.74. The lowest BCUT2D eigenvalue weighted by Crippen LogP contribution is -2.24. The molecule has 0 fully saturated rings. The molecule has 5 aromatic rings. The fourth-order valence-electron chi connectivity index (χ4n) is 4.28. The molecule has 0 aliphatic heterocycles. The highest BCUT2D eigenvalue weighted by molar-refractivity contribution is 6.05. The SMILES string of the molecule is Cc1c(-c2nn(Cc3ccncc3)c(=O)c3ccccc23)c2cc(F)ccc2n1CC(=O)O. The number of nitrogens with zero attached hydrogens (tertiary/aromatic N) is 4. The molecule has 0 amide bonds. The molecule has 3 heterocycles. The molecule has 5 rings (SSSR count). The molecule has 0 atom stereocenters. The van der Waals surface area contributed by atoms with Crippen molar-refractivity contribution >= 4 is 27.6 Å². The van der Waals surface area contributed by atoms with E-state index in [1.807, 2.05) is 18.2 Å². The van der Waals surface area contributed by atoms with Crippen LogP contribution < -0.4 is 5.56 Å². The standard InChI is InChI=1S/C25H19FN4O3/c1-15-23(20-12-17(26)6-7-21(20)29(15)14-22(31)32)24-18-4-2-3-5-19(18)25(33)30(28-24)13-16-8-10-27-11-9-16/h2-12H,13-14H2,1H3,(H,31,32). The number of rotatable bonds is 5. The third-order valence-corrected chi connectivity index (χ3v) is 5.77. The van der Waals surface area contributed by atoms with E-state index in [1.54, 1.807) is 48.1 Å². The van der Waals surface area contributed by atoms with E-state index < -0.39 is 11.8 Å². The second-order valence-electron chi connectivity index (χ2n) is 7.81. The Morgan fingerprint density at radius 3 is 2.48 bits per heavy atom. The van der Waals surface area contributed by atoms with Crippen LogP contribution in [-0.2, 0) is 17.9 Å². The van der Waals surface area contributed by atoms with Crippen molar-refractivity contribution in [1.82, 2.24) is 19.3 Å². The first-order chi connectivity index (χ1) is 15.9. The Morgan fingerprint density at radius 2 is 1.76 bits per heavy atom. The van der Waals surface area contributed by atoms with Gasteiger partial charge in [0.1, 0.15) is 18.1 Å². The summed E-state index contributed by atoms with van der Waals surface area (Å²) in [5, 5.41) is 15.8. The Kier molecular flexibility index (Phi) is 4.97. The van der Waals surface area contributed by atoms with E-state index in [0.717, 1.165) is 5.56 Å². The van der Waals surface area contributed by atoms with Crippen molar-refractivity contribution in [2.24, 2.45) is 0 Å². The number of aromatic nitrogens is 4. The average Bonchev–Trinajstić information content (AvgIpc) is 3.06. The van der Waals surface area contributed by atoms with E-state index >= 15 is 0 Å². The van der Waals surface area contributed by atoms with Crippen LogP contribution in [0.4, 0.5) is 4.39 Å². The van der Waals surface area contributed by atoms with Crippen LogP contribution in [0, 0.1) is 12.7 Å². The first-order valence-electron chi connectivity index (χ1n) is 10.3. The quantitative estimate of drug-likeness (QED) is 0.445. The summed E-state index contributed by atoms with van der Waals surface area (Å²) in [4.78, 5) is 28.8. The summed E-state index contributed by atoms with van der Waals surface area (Å²) < 4.78 is 17.3. The molecule has 7 nitrogen and oxygen atoms in total. The van der Waals surface area contributed by atoms with Crippen molar-refractivity contribution in [1.29, 1.82) is 0 Å². The molecule has 0 saturated heterocycles. The number of carboxylic acids is 1. The molecule has 0 saturated carbocycles. The Labute approximate surface area is 187 Å². The second-order valence-corrected chi connectivity index (χ2v) is 7.81. The zero-order chi connectivity index (χ0) is 23.1. The maximum Gasteiger partial charge on any atom is 0.323 e. The summed E-state index contributed by atoms with van der Waals surface area (Å²) in [5.41, 5.74) is 2.93. The van der Waals surface area contributed by atoms with E-state index in [1.165, 1.54) is 16.8 Å². The van der Waals surface area contributed by atoms with Gasteiger partial charge in [0, 0.05) is 39.9 Å². The number of pyridine rings is 1. The molecule has 0 radical (unpaired) electrons. The zero-order valence-corrected chi connectivity index (χ0v) is 17.7. The topological polar surface area (TPSA) is 90.0 Å². The minimum Gasteiger partial charge on any atom is -0.480 e. The van der Waals surface area contributed by atoms with Crippen LogP contribution in [-0.4, -0.2) is 30.4 Å². The van der Waals surface area contributed by atoms with E-state index in [-0.39, 0.29) is 18.6 Å². The Bertz CT molecular complexity index is 1590. The van der Waals surface area contributed by atoms with Gasteiger partial charge in [-0.05, 0) is 48.9 Å². The van der Waals surface area contributed by atoms with Gasteiger partial charge in [-0.2, -0.15) is 5.10 Å². The van der Waals surface area contributed by atoms with Gasteiger partial charge < -0.3 is 9.67 Å². The van der Waals surface area contributed by atoms with Gasteiger partial charge in [0.15, 0.2) is 0 Å². The van der Waals surface area contributed by atoms with E-state index in [9.17, 15) is 19.1 Å². The Hall–Kier alpha value is -4.33. The number of hydrogen-bond donors (Lipinski definition) is 1. The largest absolute Gasteiger partial charge is 0.480 e. The number of carboxylic acid groups (broad SMARTS) is 1. The number of hydrogen-bond acceptors (Lipinski definition) is 4. The van der Waals surface area contributed by atoms with Gasteiger partial charge in [0.2, 0.25) is 0 Å². The number of carbonyl (C=O) groups is 1. The normalized spacial score (nSPS) is 11.3. The maximum absolute atomic E-state index is 14.3. The van der Waals surface area contributed by atoms with E-state index in [4.69, 9.17) is 5.10 Å². The second kappa shape index (κ2) is 7.98. The molecular formula is C25H19FN4O3. The molecule has 0 bridgehead atoms. The highest BCUT2D eigenvalue weighted by atomic mass is 19.1. The van der Waals surface area contributed by atoms with Crippen LogP contribution in [0.5, 0.6) is 0 Å². The van der Waals surface area contributed by atoms with Crippen LogP contribution in [0.15, 0.2) is 71.8 Å². The summed E-state index contributed by atoms with van der Waals surface area (Å²) >= 11 is 0. The number of fused-ring (bicyclic) bond motifs is 2. The minimum absolute atomic E-state index is 0.236. The van der Waals surface area contributed by atoms with Crippen molar-refractivity contribution in [3.05, 3.63) is 94.4 Å². The highest BCUT2D eigenvalue weighted by Crippen LogP contribution is 2.36. The first-order valence-corrected chi connectivity index (χ1v) is 10.3. The summed E-state index contributed by atoms with van der Waals surface area (Å²) in [7, 11) is 0. The fraction of sp³-hybridized carbons (Fsp3) is 0.120. The smallest absolute Gasteiger partial charge is 0.323 e. The summed E-state index contributed by atoms with van der Waals surface area (Å²) in [6.07, 6.45) is 3.30. The summed E-state index contributed by atoms with van der Waals surface area (Å²) in [5.74, 6) is -1.45. The van der Waals surface area contributed by atoms with Gasteiger partial charge in [0.25, 0.3) is 5.56 Å². The molecule has 0 unspecified atom stereocenters. The number of halogens is 1. The zero-order valence-electron chi connectivity index (χ0n) is 17.7. The van der Waals surface area contributed by atoms with Crippen LogP contribution in [0.3, 0.4) is 0 Å². The van der Waals surface area contributed by atoms with Crippen LogP contribution in [0.2, 0.25) is 0 Å². The van der Waals surface area contributed by atoms with Crippen molar-refractivity contribution in [2.45, 2.75) is 20.0 Å². The van der Waals surface area contributed by atoms with Crippen molar-refractivity contribution in [3.8, 4) is 11.3 Å². The molecule has 8 heteroatoms. The molecular weight excluding hydrogens is 423 g/mol. The van der Waals surface area contributed by atoms with Crippen molar-refractivity contribution in [2.75, 3.05) is 0 Å². The van der Waals surface area contributed by atoms with Gasteiger partial charge in [-0.3, -0.25) is 14.6 Å². The molecule has 0 aliphatic rings. The van der Waals surface area contributed by atoms with Crippen LogP contribution in [0.1, 0.15) is 11.3 Å². The Balaban J connectivity index is 1.85. The average molecular weight is 442 g/mol. The molecule has 0 spiro atoms. The lowest BCUT2D eigenvalue weighted by molar-refractivity contribution is -0.137. The molecule has 164 valence electrons. The molecule has 2 aromatic carbocycles. The molecule has 33 heavy (non-hydrogen) atoms. The first kappa shape index (κ1) is 20.6. The fourth-order valence-corrected chi connectivity index (χ4v) is 4.28.